The van der Waals surface area contributed by atoms with Crippen LogP contribution < -0.4 is 10.2 Å². The first kappa shape index (κ1) is 12.3. The zero-order valence-corrected chi connectivity index (χ0v) is 10.7. The van der Waals surface area contributed by atoms with Crippen LogP contribution in [0, 0.1) is 5.41 Å². The first-order chi connectivity index (χ1) is 9.22. The van der Waals surface area contributed by atoms with Crippen molar-refractivity contribution in [3.63, 3.8) is 0 Å². The number of amides is 1. The fourth-order valence-electron chi connectivity index (χ4n) is 3.11. The largest absolute Gasteiger partial charge is 0.392 e. The van der Waals surface area contributed by atoms with E-state index >= 15 is 0 Å². The van der Waals surface area contributed by atoms with Gasteiger partial charge in [0.15, 0.2) is 0 Å². The number of nitrogens with one attached hydrogen (secondary N) is 1. The van der Waals surface area contributed by atoms with E-state index in [1.54, 1.807) is 6.20 Å². The lowest BCUT2D eigenvalue weighted by Gasteiger charge is -2.47. The molecule has 2 aliphatic heterocycles. The summed E-state index contributed by atoms with van der Waals surface area (Å²) in [5.74, 6) is 0.796. The third-order valence-corrected chi connectivity index (χ3v) is 4.21. The fourth-order valence-corrected chi connectivity index (χ4v) is 3.11. The van der Waals surface area contributed by atoms with Crippen LogP contribution in [0.15, 0.2) is 18.6 Å². The maximum absolute atomic E-state index is 12.2. The summed E-state index contributed by atoms with van der Waals surface area (Å²) in [5.41, 5.74) is -0.679. The Labute approximate surface area is 111 Å². The van der Waals surface area contributed by atoms with Gasteiger partial charge in [0.05, 0.1) is 11.5 Å². The molecule has 1 aromatic heterocycles. The van der Waals surface area contributed by atoms with Crippen LogP contribution in [0.5, 0.6) is 0 Å². The molecule has 2 fully saturated rings. The molecule has 0 unspecified atom stereocenters. The second kappa shape index (κ2) is 4.77. The molecule has 102 valence electrons. The predicted molar refractivity (Wildman–Crippen MR) is 69.5 cm³/mol. The van der Waals surface area contributed by atoms with E-state index in [0.29, 0.717) is 26.1 Å². The van der Waals surface area contributed by atoms with E-state index in [9.17, 15) is 9.90 Å². The summed E-state index contributed by atoms with van der Waals surface area (Å²) in [6.07, 6.45) is 4.89. The zero-order chi connectivity index (χ0) is 13.3. The molecule has 2 N–H and O–H groups in total. The maximum Gasteiger partial charge on any atom is 0.230 e. The van der Waals surface area contributed by atoms with Gasteiger partial charge in [-0.15, -0.1) is 0 Å². The van der Waals surface area contributed by atoms with Crippen LogP contribution in [-0.2, 0) is 4.79 Å². The molecule has 0 aromatic carbocycles. The minimum atomic E-state index is -0.679. The zero-order valence-electron chi connectivity index (χ0n) is 10.7. The summed E-state index contributed by atoms with van der Waals surface area (Å²) in [6, 6.07) is 1.84. The molecule has 1 aromatic rings. The van der Waals surface area contributed by atoms with E-state index in [1.165, 1.54) is 6.33 Å². The lowest BCUT2D eigenvalue weighted by molar-refractivity contribution is -0.142. The van der Waals surface area contributed by atoms with Gasteiger partial charge in [0.25, 0.3) is 0 Å². The number of carbonyl (C=O) groups excluding carboxylic acids is 1. The summed E-state index contributed by atoms with van der Waals surface area (Å²) < 4.78 is 0. The third-order valence-electron chi connectivity index (χ3n) is 4.21. The Morgan fingerprint density at radius 2 is 2.42 bits per heavy atom. The number of nitrogens with zero attached hydrogens (tertiary/aromatic N) is 3. The smallest absolute Gasteiger partial charge is 0.230 e. The molecule has 2 atom stereocenters. The number of anilines is 1. The highest BCUT2D eigenvalue weighted by Crippen LogP contribution is 2.38. The molecule has 1 spiro atoms. The number of aromatic nitrogens is 2. The quantitative estimate of drug-likeness (QED) is 0.741. The van der Waals surface area contributed by atoms with Crippen molar-refractivity contribution in [1.82, 2.24) is 15.3 Å². The van der Waals surface area contributed by atoms with E-state index in [-0.39, 0.29) is 5.91 Å². The van der Waals surface area contributed by atoms with Crippen LogP contribution in [0.25, 0.3) is 0 Å². The third kappa shape index (κ3) is 2.06. The molecule has 2 saturated heterocycles. The van der Waals surface area contributed by atoms with Gasteiger partial charge in [-0.3, -0.25) is 4.79 Å². The van der Waals surface area contributed by atoms with Crippen molar-refractivity contribution >= 4 is 11.7 Å². The average molecular weight is 262 g/mol. The monoisotopic (exact) mass is 262 g/mol. The van der Waals surface area contributed by atoms with Crippen LogP contribution in [0.3, 0.4) is 0 Å². The topological polar surface area (TPSA) is 78.4 Å². The first-order valence-corrected chi connectivity index (χ1v) is 6.70. The Balaban J connectivity index is 1.86. The normalized spacial score (nSPS) is 31.3. The summed E-state index contributed by atoms with van der Waals surface area (Å²) in [5, 5.41) is 13.2. The minimum absolute atomic E-state index is 0.0231. The molecular formula is C13H18N4O2. The standard InChI is InChI=1S/C13H18N4O2/c18-10-3-7-17(11-2-6-14-9-16-11)8-13(10)4-1-5-15-12(13)19/h2,6,9-10,18H,1,3-5,7-8H2,(H,15,19)/t10-,13-/m1/s1. The molecule has 0 aliphatic carbocycles. The summed E-state index contributed by atoms with van der Waals surface area (Å²) in [7, 11) is 0. The second-order valence-electron chi connectivity index (χ2n) is 5.31. The van der Waals surface area contributed by atoms with Gasteiger partial charge >= 0.3 is 0 Å². The Kier molecular flexibility index (Phi) is 3.10. The van der Waals surface area contributed by atoms with Gasteiger partial charge in [0, 0.05) is 25.8 Å². The molecule has 2 aliphatic rings. The minimum Gasteiger partial charge on any atom is -0.392 e. The van der Waals surface area contributed by atoms with Gasteiger partial charge in [-0.05, 0) is 25.3 Å². The molecule has 3 rings (SSSR count). The van der Waals surface area contributed by atoms with E-state index < -0.39 is 11.5 Å². The Hall–Kier alpha value is -1.69. The Morgan fingerprint density at radius 1 is 1.53 bits per heavy atom. The highest BCUT2D eigenvalue weighted by molar-refractivity contribution is 5.85. The number of rotatable bonds is 1. The SMILES string of the molecule is O=C1NCCC[C@]12CN(c1ccncn1)CC[C@H]2O. The van der Waals surface area contributed by atoms with Crippen molar-refractivity contribution < 1.29 is 9.90 Å². The number of carbonyl (C=O) groups is 1. The van der Waals surface area contributed by atoms with Gasteiger partial charge in [-0.1, -0.05) is 0 Å². The highest BCUT2D eigenvalue weighted by Gasteiger charge is 2.49. The number of aliphatic hydroxyl groups excluding tert-OH is 1. The van der Waals surface area contributed by atoms with Crippen LogP contribution in [0.4, 0.5) is 5.82 Å². The van der Waals surface area contributed by atoms with E-state index in [2.05, 4.69) is 20.2 Å². The molecule has 0 saturated carbocycles. The van der Waals surface area contributed by atoms with Gasteiger partial charge in [-0.25, -0.2) is 9.97 Å². The lowest BCUT2D eigenvalue weighted by Crippen LogP contribution is -2.61. The van der Waals surface area contributed by atoms with Gasteiger partial charge in [0.2, 0.25) is 5.91 Å². The highest BCUT2D eigenvalue weighted by atomic mass is 16.3. The van der Waals surface area contributed by atoms with Gasteiger partial charge in [-0.2, -0.15) is 0 Å². The summed E-state index contributed by atoms with van der Waals surface area (Å²) >= 11 is 0. The summed E-state index contributed by atoms with van der Waals surface area (Å²) in [6.45, 7) is 1.95. The predicted octanol–water partition coefficient (Wildman–Crippen LogP) is -0.0560. The summed E-state index contributed by atoms with van der Waals surface area (Å²) in [4.78, 5) is 22.4. The molecule has 0 bridgehead atoms. The van der Waals surface area contributed by atoms with Gasteiger partial charge in [0.1, 0.15) is 12.1 Å². The first-order valence-electron chi connectivity index (χ1n) is 6.70. The lowest BCUT2D eigenvalue weighted by atomic mass is 9.71. The average Bonchev–Trinajstić information content (AvgIpc) is 2.46. The van der Waals surface area contributed by atoms with E-state index in [1.807, 2.05) is 6.07 Å². The van der Waals surface area contributed by atoms with Crippen molar-refractivity contribution in [2.75, 3.05) is 24.5 Å². The van der Waals surface area contributed by atoms with Gasteiger partial charge < -0.3 is 15.3 Å². The Bertz CT molecular complexity index is 467. The molecule has 0 radical (unpaired) electrons. The Morgan fingerprint density at radius 3 is 3.16 bits per heavy atom. The van der Waals surface area contributed by atoms with Crippen LogP contribution in [0.1, 0.15) is 19.3 Å². The van der Waals surface area contributed by atoms with Crippen molar-refractivity contribution in [3.8, 4) is 0 Å². The molecule has 6 nitrogen and oxygen atoms in total. The van der Waals surface area contributed by atoms with Crippen LogP contribution >= 0.6 is 0 Å². The number of aliphatic hydroxyl groups is 1. The van der Waals surface area contributed by atoms with Crippen LogP contribution in [-0.4, -0.2) is 46.7 Å². The van der Waals surface area contributed by atoms with E-state index in [4.69, 9.17) is 0 Å². The molecule has 6 heteroatoms. The van der Waals surface area contributed by atoms with Crippen molar-refractivity contribution in [2.24, 2.45) is 5.41 Å². The van der Waals surface area contributed by atoms with Crippen molar-refractivity contribution in [3.05, 3.63) is 18.6 Å². The molecule has 3 heterocycles. The fraction of sp³-hybridized carbons (Fsp3) is 0.615. The van der Waals surface area contributed by atoms with Crippen molar-refractivity contribution in [1.29, 1.82) is 0 Å². The maximum atomic E-state index is 12.2. The number of hydrogen-bond donors (Lipinski definition) is 2. The van der Waals surface area contributed by atoms with Crippen LogP contribution in [0.2, 0.25) is 0 Å². The second-order valence-corrected chi connectivity index (χ2v) is 5.31. The number of piperidine rings is 2. The molecular weight excluding hydrogens is 244 g/mol. The molecule has 1 amide bonds. The number of hydrogen-bond acceptors (Lipinski definition) is 5. The molecule has 19 heavy (non-hydrogen) atoms. The van der Waals surface area contributed by atoms with Crippen molar-refractivity contribution in [2.45, 2.75) is 25.4 Å². The van der Waals surface area contributed by atoms with E-state index in [0.717, 1.165) is 18.7 Å².